The number of nitrogens with zero attached hydrogens (tertiary/aromatic N) is 3. The molecule has 0 bridgehead atoms. The van der Waals surface area contributed by atoms with Gasteiger partial charge in [-0.3, -0.25) is 0 Å². The van der Waals surface area contributed by atoms with E-state index in [1.807, 2.05) is 30.3 Å². The second-order valence-electron chi connectivity index (χ2n) is 4.75. The predicted molar refractivity (Wildman–Crippen MR) is 83.9 cm³/mol. The van der Waals surface area contributed by atoms with Gasteiger partial charge in [-0.25, -0.2) is 0 Å². The molecule has 2 aromatic carbocycles. The van der Waals surface area contributed by atoms with Gasteiger partial charge in [0, 0.05) is 17.7 Å². The lowest BCUT2D eigenvalue weighted by atomic mass is 9.96. The van der Waals surface area contributed by atoms with Gasteiger partial charge in [0.05, 0.1) is 12.3 Å². The second-order valence-corrected chi connectivity index (χ2v) is 5.18. The largest absolute Gasteiger partial charge is 0.380 e. The van der Waals surface area contributed by atoms with Crippen LogP contribution in [0.15, 0.2) is 57.9 Å². The third-order valence-corrected chi connectivity index (χ3v) is 3.59. The average molecular weight is 300 g/mol. The van der Waals surface area contributed by atoms with E-state index in [-0.39, 0.29) is 0 Å². The van der Waals surface area contributed by atoms with Gasteiger partial charge in [0.1, 0.15) is 6.54 Å². The van der Waals surface area contributed by atoms with Crippen LogP contribution in [0.2, 0.25) is 5.02 Å². The van der Waals surface area contributed by atoms with Gasteiger partial charge in [0.2, 0.25) is 0 Å². The van der Waals surface area contributed by atoms with E-state index in [1.165, 1.54) is 0 Å². The van der Waals surface area contributed by atoms with Crippen molar-refractivity contribution >= 4 is 17.3 Å². The Bertz CT molecular complexity index is 708. The zero-order valence-corrected chi connectivity index (χ0v) is 12.3. The molecule has 0 aliphatic carbocycles. The molecule has 0 atom stereocenters. The van der Waals surface area contributed by atoms with Crippen molar-refractivity contribution < 1.29 is 4.74 Å². The first-order valence-corrected chi connectivity index (χ1v) is 6.97. The van der Waals surface area contributed by atoms with Gasteiger partial charge >= 0.3 is 0 Å². The predicted octanol–water partition coefficient (Wildman–Crippen LogP) is 4.32. The van der Waals surface area contributed by atoms with Crippen LogP contribution in [0, 0.1) is 0 Å². The highest BCUT2D eigenvalue weighted by Gasteiger charge is 2.12. The summed E-state index contributed by atoms with van der Waals surface area (Å²) in [6.45, 7) is 1.07. The van der Waals surface area contributed by atoms with Crippen molar-refractivity contribution in [2.75, 3.05) is 13.7 Å². The van der Waals surface area contributed by atoms with Gasteiger partial charge in [-0.15, -0.1) is 5.10 Å². The molecule has 0 N–H and O–H groups in total. The normalized spacial score (nSPS) is 13.5. The molecule has 0 spiro atoms. The maximum Gasteiger partial charge on any atom is 0.107 e. The first-order chi connectivity index (χ1) is 10.3. The Morgan fingerprint density at radius 1 is 1.10 bits per heavy atom. The van der Waals surface area contributed by atoms with Gasteiger partial charge in [-0.1, -0.05) is 35.9 Å². The molecule has 21 heavy (non-hydrogen) atoms. The number of halogens is 1. The molecule has 0 saturated carbocycles. The summed E-state index contributed by atoms with van der Waals surface area (Å²) in [4.78, 5) is 0. The highest BCUT2D eigenvalue weighted by molar-refractivity contribution is 6.30. The topological polar surface area (TPSA) is 46.3 Å². The Morgan fingerprint density at radius 2 is 1.86 bits per heavy atom. The maximum absolute atomic E-state index is 5.95. The molecule has 0 fully saturated rings. The van der Waals surface area contributed by atoms with Crippen LogP contribution in [0.3, 0.4) is 0 Å². The fourth-order valence-electron chi connectivity index (χ4n) is 2.32. The molecule has 0 aromatic heterocycles. The van der Waals surface area contributed by atoms with E-state index >= 15 is 0 Å². The standard InChI is InChI=1S/C16H14ClN3O/c1-21-10-13-8-12(16-9-18-20-19-16)4-7-15(13)11-2-5-14(17)6-3-11/h2-8H,9-10H2,1H3. The minimum atomic E-state index is 0.534. The number of methoxy groups -OCH3 is 1. The Hall–Kier alpha value is -2.04. The molecular formula is C16H14ClN3O. The summed E-state index contributed by atoms with van der Waals surface area (Å²) in [5.41, 5.74) is 5.26. The van der Waals surface area contributed by atoms with E-state index in [0.29, 0.717) is 13.2 Å². The maximum atomic E-state index is 5.95. The Balaban J connectivity index is 2.01. The van der Waals surface area contributed by atoms with Gasteiger partial charge < -0.3 is 4.74 Å². The monoisotopic (exact) mass is 299 g/mol. The molecule has 0 saturated heterocycles. The average Bonchev–Trinajstić information content (AvgIpc) is 3.03. The number of ether oxygens (including phenoxy) is 1. The fourth-order valence-corrected chi connectivity index (χ4v) is 2.45. The van der Waals surface area contributed by atoms with Gasteiger partial charge in [-0.05, 0) is 40.1 Å². The number of rotatable bonds is 4. The van der Waals surface area contributed by atoms with Gasteiger partial charge in [0.25, 0.3) is 0 Å². The highest BCUT2D eigenvalue weighted by Crippen LogP contribution is 2.27. The molecular weight excluding hydrogens is 286 g/mol. The van der Waals surface area contributed by atoms with E-state index in [2.05, 4.69) is 27.6 Å². The molecule has 1 heterocycles. The van der Waals surface area contributed by atoms with Crippen LogP contribution >= 0.6 is 11.6 Å². The van der Waals surface area contributed by atoms with Crippen molar-refractivity contribution in [1.29, 1.82) is 0 Å². The third-order valence-electron chi connectivity index (χ3n) is 3.34. The molecule has 4 nitrogen and oxygen atoms in total. The van der Waals surface area contributed by atoms with Crippen LogP contribution < -0.4 is 0 Å². The quantitative estimate of drug-likeness (QED) is 0.829. The Labute approximate surface area is 128 Å². The summed E-state index contributed by atoms with van der Waals surface area (Å²) in [6, 6.07) is 14.0. The summed E-state index contributed by atoms with van der Waals surface area (Å²) in [5, 5.41) is 12.3. The lowest BCUT2D eigenvalue weighted by Gasteiger charge is -2.11. The Morgan fingerprint density at radius 3 is 2.52 bits per heavy atom. The molecule has 0 radical (unpaired) electrons. The smallest absolute Gasteiger partial charge is 0.107 e. The molecule has 3 rings (SSSR count). The van der Waals surface area contributed by atoms with Crippen LogP contribution in [0.25, 0.3) is 11.1 Å². The molecule has 0 amide bonds. The van der Waals surface area contributed by atoms with Crippen molar-refractivity contribution in [2.45, 2.75) is 6.61 Å². The number of hydrogen-bond donors (Lipinski definition) is 0. The van der Waals surface area contributed by atoms with Crippen molar-refractivity contribution in [3.05, 3.63) is 58.6 Å². The van der Waals surface area contributed by atoms with Crippen LogP contribution in [-0.4, -0.2) is 19.4 Å². The summed E-state index contributed by atoms with van der Waals surface area (Å²) in [7, 11) is 1.69. The van der Waals surface area contributed by atoms with Gasteiger partial charge in [0.15, 0.2) is 0 Å². The minimum Gasteiger partial charge on any atom is -0.380 e. The molecule has 1 aliphatic rings. The zero-order valence-electron chi connectivity index (χ0n) is 11.6. The molecule has 106 valence electrons. The van der Waals surface area contributed by atoms with Crippen LogP contribution in [0.5, 0.6) is 0 Å². The second kappa shape index (κ2) is 6.16. The van der Waals surface area contributed by atoms with Crippen LogP contribution in [-0.2, 0) is 11.3 Å². The molecule has 0 unspecified atom stereocenters. The third kappa shape index (κ3) is 3.01. The fraction of sp³-hybridized carbons (Fsp3) is 0.188. The molecule has 5 heteroatoms. The van der Waals surface area contributed by atoms with Crippen molar-refractivity contribution in [3.63, 3.8) is 0 Å². The van der Waals surface area contributed by atoms with Crippen LogP contribution in [0.4, 0.5) is 0 Å². The SMILES string of the molecule is COCc1cc(C2=NN=NC2)ccc1-c1ccc(Cl)cc1. The summed E-state index contributed by atoms with van der Waals surface area (Å²) >= 11 is 5.95. The van der Waals surface area contributed by atoms with E-state index < -0.39 is 0 Å². The summed E-state index contributed by atoms with van der Waals surface area (Å²) in [5.74, 6) is 0. The first-order valence-electron chi connectivity index (χ1n) is 6.59. The minimum absolute atomic E-state index is 0.534. The van der Waals surface area contributed by atoms with E-state index in [4.69, 9.17) is 16.3 Å². The summed E-state index contributed by atoms with van der Waals surface area (Å²) in [6.07, 6.45) is 0. The first kappa shape index (κ1) is 13.9. The lowest BCUT2D eigenvalue weighted by molar-refractivity contribution is 0.185. The number of benzene rings is 2. The van der Waals surface area contributed by atoms with E-state index in [1.54, 1.807) is 7.11 Å². The van der Waals surface area contributed by atoms with Crippen molar-refractivity contribution in [1.82, 2.24) is 0 Å². The highest BCUT2D eigenvalue weighted by atomic mass is 35.5. The van der Waals surface area contributed by atoms with Crippen molar-refractivity contribution in [2.24, 2.45) is 15.4 Å². The van der Waals surface area contributed by atoms with Crippen LogP contribution in [0.1, 0.15) is 11.1 Å². The number of hydrogen-bond acceptors (Lipinski definition) is 4. The van der Waals surface area contributed by atoms with Gasteiger partial charge in [-0.2, -0.15) is 5.11 Å². The molecule has 2 aromatic rings. The summed E-state index contributed by atoms with van der Waals surface area (Å²) < 4.78 is 5.32. The van der Waals surface area contributed by atoms with Crippen molar-refractivity contribution in [3.8, 4) is 11.1 Å². The van der Waals surface area contributed by atoms with E-state index in [0.717, 1.165) is 33.0 Å². The Kier molecular flexibility index (Phi) is 4.08. The lowest BCUT2D eigenvalue weighted by Crippen LogP contribution is -2.03. The zero-order chi connectivity index (χ0) is 14.7. The molecule has 1 aliphatic heterocycles. The van der Waals surface area contributed by atoms with E-state index in [9.17, 15) is 0 Å².